The van der Waals surface area contributed by atoms with Gasteiger partial charge in [0.1, 0.15) is 42.6 Å². The highest BCUT2D eigenvalue weighted by Crippen LogP contribution is 2.25. The van der Waals surface area contributed by atoms with Gasteiger partial charge in [-0.05, 0) is 24.3 Å². The molecule has 39 heavy (non-hydrogen) atoms. The minimum atomic E-state index is -4.90. The van der Waals surface area contributed by atoms with E-state index in [1.165, 1.54) is 22.7 Å². The molecule has 1 aliphatic heterocycles. The van der Waals surface area contributed by atoms with Crippen molar-refractivity contribution in [2.24, 2.45) is 10.9 Å². The van der Waals surface area contributed by atoms with Crippen LogP contribution in [-0.2, 0) is 31.3 Å². The monoisotopic (exact) mass is 578 g/mol. The molecule has 0 aliphatic carbocycles. The number of anilines is 1. The van der Waals surface area contributed by atoms with Crippen molar-refractivity contribution >= 4 is 50.1 Å². The second kappa shape index (κ2) is 11.4. The number of nitrogens with zero attached hydrogens (tertiary/aromatic N) is 6. The molecule has 0 spiro atoms. The summed E-state index contributed by atoms with van der Waals surface area (Å²) in [7, 11) is -4.90. The zero-order valence-corrected chi connectivity index (χ0v) is 21.5. The van der Waals surface area contributed by atoms with Gasteiger partial charge in [-0.3, -0.25) is 24.2 Å². The van der Waals surface area contributed by atoms with E-state index < -0.39 is 34.2 Å². The van der Waals surface area contributed by atoms with Gasteiger partial charge in [0, 0.05) is 10.9 Å². The summed E-state index contributed by atoms with van der Waals surface area (Å²) in [6.07, 6.45) is 2.48. The summed E-state index contributed by atoms with van der Waals surface area (Å²) in [4.78, 5) is 38.6. The van der Waals surface area contributed by atoms with Gasteiger partial charge in [0.25, 0.3) is 11.8 Å². The number of hydrogen-bond acceptors (Lipinski definition) is 13. The Balaban J connectivity index is 1.43. The molecule has 3 heterocycles. The number of thiazole rings is 1. The molecule has 4 rings (SSSR count). The van der Waals surface area contributed by atoms with Crippen LogP contribution in [0.15, 0.2) is 47.5 Å². The van der Waals surface area contributed by atoms with Crippen molar-refractivity contribution in [1.29, 1.82) is 5.41 Å². The zero-order chi connectivity index (χ0) is 28.2. The third-order valence-corrected chi connectivity index (χ3v) is 6.91. The van der Waals surface area contributed by atoms with Gasteiger partial charge in [0.05, 0.1) is 12.6 Å². The first kappa shape index (κ1) is 27.4. The van der Waals surface area contributed by atoms with E-state index in [0.29, 0.717) is 11.3 Å². The summed E-state index contributed by atoms with van der Waals surface area (Å²) < 4.78 is 39.9. The molecule has 1 saturated heterocycles. The van der Waals surface area contributed by atoms with Crippen molar-refractivity contribution in [1.82, 2.24) is 29.4 Å². The van der Waals surface area contributed by atoms with E-state index in [-0.39, 0.29) is 46.4 Å². The lowest BCUT2D eigenvalue weighted by molar-refractivity contribution is -0.145. The predicted octanol–water partition coefficient (Wildman–Crippen LogP) is -1.40. The molecule has 3 aromatic rings. The molecule has 1 aromatic carbocycles. The Morgan fingerprint density at radius 1 is 1.28 bits per heavy atom. The number of aromatic nitrogens is 4. The fraction of sp³-hybridized carbons (Fsp3) is 0.250. The number of oxime groups is 1. The molecule has 7 N–H and O–H groups in total. The van der Waals surface area contributed by atoms with Crippen molar-refractivity contribution in [2.75, 3.05) is 18.9 Å². The van der Waals surface area contributed by atoms with E-state index in [1.54, 1.807) is 24.3 Å². The number of carbonyl (C=O) groups is 2. The summed E-state index contributed by atoms with van der Waals surface area (Å²) in [6.45, 7) is -0.228. The van der Waals surface area contributed by atoms with E-state index in [9.17, 15) is 22.6 Å². The number of nitrogens with two attached hydrogens (primary N) is 2. The molecule has 1 fully saturated rings. The third kappa shape index (κ3) is 6.45. The van der Waals surface area contributed by atoms with Gasteiger partial charge < -0.3 is 26.4 Å². The largest absolute Gasteiger partial charge is 0.490 e. The van der Waals surface area contributed by atoms with Gasteiger partial charge >= 0.3 is 10.3 Å². The van der Waals surface area contributed by atoms with E-state index in [2.05, 4.69) is 25.5 Å². The number of carbonyl (C=O) groups excluding carboxylic acids is 2. The van der Waals surface area contributed by atoms with E-state index in [1.807, 2.05) is 0 Å². The molecule has 0 radical (unpaired) electrons. The van der Waals surface area contributed by atoms with Crippen LogP contribution in [0.2, 0.25) is 0 Å². The number of amidine groups is 1. The molecule has 2 amide bonds. The summed E-state index contributed by atoms with van der Waals surface area (Å²) in [5.41, 5.74) is 11.4. The average Bonchev–Trinajstić information content (AvgIpc) is 3.55. The number of rotatable bonds is 12. The van der Waals surface area contributed by atoms with Crippen molar-refractivity contribution in [2.45, 2.75) is 18.6 Å². The first-order chi connectivity index (χ1) is 18.5. The smallest absolute Gasteiger partial charge is 0.362 e. The number of β-lactam (4-membered cyclic amide) rings is 1. The molecular formula is C20H22N10O7S2. The molecule has 2 unspecified atom stereocenters. The highest BCUT2D eigenvalue weighted by atomic mass is 32.2. The van der Waals surface area contributed by atoms with Gasteiger partial charge in [-0.1, -0.05) is 5.16 Å². The van der Waals surface area contributed by atoms with Gasteiger partial charge in [0.15, 0.2) is 17.5 Å². The molecule has 206 valence electrons. The summed E-state index contributed by atoms with van der Waals surface area (Å²) in [6, 6.07) is 3.95. The Kier molecular flexibility index (Phi) is 8.02. The van der Waals surface area contributed by atoms with E-state index >= 15 is 0 Å². The topological polar surface area (TPSA) is 254 Å². The maximum absolute atomic E-state index is 13.1. The number of nitrogen functional groups attached to an aromatic ring is 2. The SMILES string of the molecule is N=C(N)c1ccc(OCCO/N=C(\C(=O)NC2C(=O)N(S(=O)(=O)O)C2Cn2cncn2)c2csc(N)n2)cc1. The van der Waals surface area contributed by atoms with E-state index in [4.69, 9.17) is 26.5 Å². The minimum absolute atomic E-state index is 0.0431. The van der Waals surface area contributed by atoms with Crippen LogP contribution in [0.5, 0.6) is 5.75 Å². The Hall–Kier alpha value is -4.62. The lowest BCUT2D eigenvalue weighted by Crippen LogP contribution is -2.73. The third-order valence-electron chi connectivity index (χ3n) is 5.29. The predicted molar refractivity (Wildman–Crippen MR) is 136 cm³/mol. The van der Waals surface area contributed by atoms with Crippen LogP contribution in [-0.4, -0.2) is 85.7 Å². The minimum Gasteiger partial charge on any atom is -0.490 e. The van der Waals surface area contributed by atoms with Crippen LogP contribution in [0.3, 0.4) is 0 Å². The van der Waals surface area contributed by atoms with Crippen molar-refractivity contribution < 1.29 is 32.1 Å². The van der Waals surface area contributed by atoms with Crippen LogP contribution in [0.1, 0.15) is 11.3 Å². The van der Waals surface area contributed by atoms with Crippen molar-refractivity contribution in [3.05, 3.63) is 53.6 Å². The van der Waals surface area contributed by atoms with Crippen molar-refractivity contribution in [3.8, 4) is 5.75 Å². The molecule has 2 atom stereocenters. The number of hydrogen-bond donors (Lipinski definition) is 5. The summed E-state index contributed by atoms with van der Waals surface area (Å²) in [5, 5.41) is 19.1. The van der Waals surface area contributed by atoms with Crippen LogP contribution in [0, 0.1) is 5.41 Å². The lowest BCUT2D eigenvalue weighted by atomic mass is 9.98. The fourth-order valence-electron chi connectivity index (χ4n) is 3.51. The van der Waals surface area contributed by atoms with Gasteiger partial charge in [-0.2, -0.15) is 13.5 Å². The highest BCUT2D eigenvalue weighted by Gasteiger charge is 2.54. The van der Waals surface area contributed by atoms with Gasteiger partial charge in [0.2, 0.25) is 0 Å². The Morgan fingerprint density at radius 2 is 2.03 bits per heavy atom. The van der Waals surface area contributed by atoms with Crippen LogP contribution in [0.25, 0.3) is 0 Å². The Morgan fingerprint density at radius 3 is 2.62 bits per heavy atom. The zero-order valence-electron chi connectivity index (χ0n) is 19.9. The molecule has 0 bridgehead atoms. The van der Waals surface area contributed by atoms with Crippen molar-refractivity contribution in [3.63, 3.8) is 0 Å². The van der Waals surface area contributed by atoms with Crippen LogP contribution < -0.4 is 21.5 Å². The summed E-state index contributed by atoms with van der Waals surface area (Å²) >= 11 is 1.04. The average molecular weight is 579 g/mol. The van der Waals surface area contributed by atoms with Gasteiger partial charge in [-0.25, -0.2) is 14.3 Å². The maximum Gasteiger partial charge on any atom is 0.362 e. The molecule has 2 aromatic heterocycles. The molecule has 1 aliphatic rings. The molecule has 17 nitrogen and oxygen atoms in total. The van der Waals surface area contributed by atoms with Crippen LogP contribution >= 0.6 is 11.3 Å². The second-order valence-electron chi connectivity index (χ2n) is 7.88. The number of amides is 2. The Labute approximate surface area is 224 Å². The van der Waals surface area contributed by atoms with Crippen LogP contribution in [0.4, 0.5) is 5.13 Å². The second-order valence-corrected chi connectivity index (χ2v) is 10.1. The highest BCUT2D eigenvalue weighted by molar-refractivity contribution is 7.84. The number of nitrogens with one attached hydrogen (secondary N) is 2. The lowest BCUT2D eigenvalue weighted by Gasteiger charge is -2.43. The Bertz CT molecular complexity index is 1490. The van der Waals surface area contributed by atoms with Gasteiger partial charge in [-0.15, -0.1) is 11.3 Å². The molecule has 0 saturated carbocycles. The quantitative estimate of drug-likeness (QED) is 0.0415. The van der Waals surface area contributed by atoms with E-state index in [0.717, 1.165) is 11.3 Å². The first-order valence-electron chi connectivity index (χ1n) is 11.0. The first-order valence-corrected chi connectivity index (χ1v) is 13.2. The molecular weight excluding hydrogens is 556 g/mol. The summed E-state index contributed by atoms with van der Waals surface area (Å²) in [5.74, 6) is -1.55. The number of ether oxygens (including phenoxy) is 1. The fourth-order valence-corrected chi connectivity index (χ4v) is 4.93. The standard InChI is InChI=1S/C20H22N10O7S2/c21-17(22)11-1-3-12(4-2-11)36-5-6-37-28-15(13-8-38-20(23)26-13)18(31)27-16-14(7-29-10-24-9-25-29)30(19(16)32)39(33,34)35/h1-4,8-10,14,16H,5-7H2,(H3,21,22)(H2,23,26)(H,27,31)(H,33,34,35)/b28-15-. The maximum atomic E-state index is 13.1. The molecule has 19 heteroatoms. The number of benzene rings is 1. The normalized spacial score (nSPS) is 17.4.